The lowest BCUT2D eigenvalue weighted by atomic mass is 10.4. The van der Waals surface area contributed by atoms with Gasteiger partial charge in [-0.15, -0.1) is 11.6 Å². The Morgan fingerprint density at radius 2 is 2.05 bits per heavy atom. The van der Waals surface area contributed by atoms with E-state index in [1.807, 2.05) is 0 Å². The fourth-order valence-electron chi connectivity index (χ4n) is 1.77. The van der Waals surface area contributed by atoms with Crippen LogP contribution < -0.4 is 4.74 Å². The van der Waals surface area contributed by atoms with Crippen molar-refractivity contribution in [2.24, 2.45) is 0 Å². The number of aromatic nitrogens is 3. The molecule has 0 aliphatic heterocycles. The number of fused-ring (bicyclic) bond motifs is 1. The fourth-order valence-corrected chi connectivity index (χ4v) is 1.93. The molecule has 104 valence electrons. The van der Waals surface area contributed by atoms with Crippen LogP contribution in [0, 0.1) is 0 Å². The Morgan fingerprint density at radius 1 is 1.32 bits per heavy atom. The second-order valence-electron chi connectivity index (χ2n) is 3.86. The SMILES string of the molecule is COc1ccc2nc(CCCl)n(CC(F)(F)F)c2n1. The summed E-state index contributed by atoms with van der Waals surface area (Å²) in [5.74, 6) is 0.703. The molecule has 2 heterocycles. The van der Waals surface area contributed by atoms with Gasteiger partial charge in [-0.25, -0.2) is 4.98 Å². The molecular weight excluding hydrogens is 283 g/mol. The van der Waals surface area contributed by atoms with E-state index in [4.69, 9.17) is 16.3 Å². The maximum absolute atomic E-state index is 12.6. The standard InChI is InChI=1S/C11H11ClF3N3O/c1-19-9-3-2-7-10(17-9)18(6-11(13,14)15)8(16-7)4-5-12/h2-3H,4-6H2,1H3. The van der Waals surface area contributed by atoms with E-state index < -0.39 is 12.7 Å². The van der Waals surface area contributed by atoms with Crippen LogP contribution in [0.5, 0.6) is 5.88 Å². The number of hydrogen-bond acceptors (Lipinski definition) is 3. The molecule has 0 aliphatic rings. The van der Waals surface area contributed by atoms with Gasteiger partial charge in [-0.2, -0.15) is 18.2 Å². The lowest BCUT2D eigenvalue weighted by Gasteiger charge is -2.11. The minimum atomic E-state index is -4.35. The van der Waals surface area contributed by atoms with E-state index in [1.165, 1.54) is 7.11 Å². The highest BCUT2D eigenvalue weighted by molar-refractivity contribution is 6.17. The van der Waals surface area contributed by atoms with E-state index in [1.54, 1.807) is 12.1 Å². The maximum atomic E-state index is 12.6. The third-order valence-electron chi connectivity index (χ3n) is 2.51. The van der Waals surface area contributed by atoms with Crippen molar-refractivity contribution in [3.05, 3.63) is 18.0 Å². The van der Waals surface area contributed by atoms with Gasteiger partial charge in [0, 0.05) is 18.4 Å². The normalized spacial score (nSPS) is 12.1. The van der Waals surface area contributed by atoms with Crippen LogP contribution in [-0.2, 0) is 13.0 Å². The Morgan fingerprint density at radius 3 is 2.63 bits per heavy atom. The zero-order valence-electron chi connectivity index (χ0n) is 10.0. The minimum absolute atomic E-state index is 0.150. The van der Waals surface area contributed by atoms with Gasteiger partial charge in [-0.1, -0.05) is 0 Å². The largest absolute Gasteiger partial charge is 0.481 e. The summed E-state index contributed by atoms with van der Waals surface area (Å²) in [6, 6.07) is 3.13. The van der Waals surface area contributed by atoms with Gasteiger partial charge in [0.2, 0.25) is 5.88 Å². The van der Waals surface area contributed by atoms with Gasteiger partial charge < -0.3 is 9.30 Å². The molecule has 2 aromatic rings. The lowest BCUT2D eigenvalue weighted by molar-refractivity contribution is -0.140. The van der Waals surface area contributed by atoms with Gasteiger partial charge in [0.15, 0.2) is 5.65 Å². The van der Waals surface area contributed by atoms with Crippen LogP contribution in [0.2, 0.25) is 0 Å². The third kappa shape index (κ3) is 3.09. The molecule has 19 heavy (non-hydrogen) atoms. The van der Waals surface area contributed by atoms with Crippen molar-refractivity contribution in [1.82, 2.24) is 14.5 Å². The zero-order chi connectivity index (χ0) is 14.0. The van der Waals surface area contributed by atoms with Crippen LogP contribution in [0.15, 0.2) is 12.1 Å². The average molecular weight is 294 g/mol. The summed E-state index contributed by atoms with van der Waals surface area (Å²) in [6.07, 6.45) is -4.10. The summed E-state index contributed by atoms with van der Waals surface area (Å²) in [5.41, 5.74) is 0.543. The predicted octanol–water partition coefficient (Wildman–Crippen LogP) is 2.78. The summed E-state index contributed by atoms with van der Waals surface area (Å²) in [5, 5.41) is 0. The Kier molecular flexibility index (Phi) is 3.84. The first kappa shape index (κ1) is 13.9. The van der Waals surface area contributed by atoms with Crippen molar-refractivity contribution in [2.75, 3.05) is 13.0 Å². The molecule has 0 atom stereocenters. The molecule has 0 saturated carbocycles. The van der Waals surface area contributed by atoms with Gasteiger partial charge in [-0.05, 0) is 6.07 Å². The first-order valence-corrected chi connectivity index (χ1v) is 6.01. The number of rotatable bonds is 4. The summed E-state index contributed by atoms with van der Waals surface area (Å²) < 4.78 is 43.8. The van der Waals surface area contributed by atoms with Crippen molar-refractivity contribution in [1.29, 1.82) is 0 Å². The van der Waals surface area contributed by atoms with Crippen molar-refractivity contribution in [3.8, 4) is 5.88 Å². The number of halogens is 4. The van der Waals surface area contributed by atoms with Gasteiger partial charge in [0.1, 0.15) is 17.9 Å². The molecule has 0 spiro atoms. The van der Waals surface area contributed by atoms with E-state index in [-0.39, 0.29) is 29.7 Å². The predicted molar refractivity (Wildman–Crippen MR) is 64.6 cm³/mol. The van der Waals surface area contributed by atoms with Crippen LogP contribution in [0.25, 0.3) is 11.2 Å². The Labute approximate surface area is 112 Å². The minimum Gasteiger partial charge on any atom is -0.481 e. The van der Waals surface area contributed by atoms with Crippen molar-refractivity contribution in [2.45, 2.75) is 19.1 Å². The lowest BCUT2D eigenvalue weighted by Crippen LogP contribution is -2.20. The quantitative estimate of drug-likeness (QED) is 0.814. The second kappa shape index (κ2) is 5.24. The number of pyridine rings is 1. The number of imidazole rings is 1. The summed E-state index contributed by atoms with van der Waals surface area (Å²) in [7, 11) is 1.40. The van der Waals surface area contributed by atoms with E-state index >= 15 is 0 Å². The van der Waals surface area contributed by atoms with Gasteiger partial charge >= 0.3 is 6.18 Å². The Bertz CT molecular complexity index is 582. The Balaban J connectivity index is 2.56. The molecule has 0 fully saturated rings. The van der Waals surface area contributed by atoms with Crippen LogP contribution in [0.4, 0.5) is 13.2 Å². The molecule has 8 heteroatoms. The summed E-state index contributed by atoms with van der Waals surface area (Å²) in [6.45, 7) is -1.14. The van der Waals surface area contributed by atoms with Crippen molar-refractivity contribution in [3.63, 3.8) is 0 Å². The van der Waals surface area contributed by atoms with E-state index in [0.29, 0.717) is 5.52 Å². The molecule has 0 N–H and O–H groups in total. The number of hydrogen-bond donors (Lipinski definition) is 0. The van der Waals surface area contributed by atoms with E-state index in [2.05, 4.69) is 9.97 Å². The van der Waals surface area contributed by atoms with Crippen LogP contribution in [0.3, 0.4) is 0 Å². The topological polar surface area (TPSA) is 39.9 Å². The summed E-state index contributed by atoms with van der Waals surface area (Å²) >= 11 is 5.59. The molecular formula is C11H11ClF3N3O. The molecule has 0 amide bonds. The number of nitrogens with zero attached hydrogens (tertiary/aromatic N) is 3. The molecule has 0 aliphatic carbocycles. The second-order valence-corrected chi connectivity index (χ2v) is 4.24. The molecule has 0 unspecified atom stereocenters. The highest BCUT2D eigenvalue weighted by atomic mass is 35.5. The molecule has 2 rings (SSSR count). The fraction of sp³-hybridized carbons (Fsp3) is 0.455. The monoisotopic (exact) mass is 293 g/mol. The number of alkyl halides is 4. The van der Waals surface area contributed by atoms with Crippen molar-refractivity contribution >= 4 is 22.8 Å². The van der Waals surface area contributed by atoms with Crippen molar-refractivity contribution < 1.29 is 17.9 Å². The van der Waals surface area contributed by atoms with Gasteiger partial charge in [-0.3, -0.25) is 0 Å². The third-order valence-corrected chi connectivity index (χ3v) is 2.70. The maximum Gasteiger partial charge on any atom is 0.406 e. The molecule has 0 bridgehead atoms. The first-order chi connectivity index (χ1) is 8.94. The molecule has 4 nitrogen and oxygen atoms in total. The molecule has 0 saturated heterocycles. The molecule has 0 radical (unpaired) electrons. The van der Waals surface area contributed by atoms with E-state index in [9.17, 15) is 13.2 Å². The zero-order valence-corrected chi connectivity index (χ0v) is 10.8. The van der Waals surface area contributed by atoms with Crippen LogP contribution >= 0.6 is 11.6 Å². The van der Waals surface area contributed by atoms with E-state index in [0.717, 1.165) is 4.57 Å². The number of methoxy groups -OCH3 is 1. The highest BCUT2D eigenvalue weighted by Crippen LogP contribution is 2.24. The summed E-state index contributed by atoms with van der Waals surface area (Å²) in [4.78, 5) is 8.14. The van der Waals surface area contributed by atoms with Gasteiger partial charge in [0.25, 0.3) is 0 Å². The van der Waals surface area contributed by atoms with Gasteiger partial charge in [0.05, 0.1) is 7.11 Å². The van der Waals surface area contributed by atoms with Crippen LogP contribution in [-0.4, -0.2) is 33.7 Å². The molecule has 2 aromatic heterocycles. The smallest absolute Gasteiger partial charge is 0.406 e. The average Bonchev–Trinajstić information content (AvgIpc) is 2.65. The number of aryl methyl sites for hydroxylation is 1. The molecule has 0 aromatic carbocycles. The van der Waals surface area contributed by atoms with Crippen LogP contribution in [0.1, 0.15) is 5.82 Å². The number of ether oxygens (including phenoxy) is 1. The highest BCUT2D eigenvalue weighted by Gasteiger charge is 2.30. The first-order valence-electron chi connectivity index (χ1n) is 5.47. The Hall–Kier alpha value is -1.50.